The van der Waals surface area contributed by atoms with E-state index in [0.29, 0.717) is 26.3 Å². The molecule has 1 aliphatic rings. The lowest BCUT2D eigenvalue weighted by molar-refractivity contribution is -0.140. The van der Waals surface area contributed by atoms with Gasteiger partial charge in [-0.1, -0.05) is 60.7 Å². The van der Waals surface area contributed by atoms with E-state index in [1.165, 1.54) is 4.90 Å². The first kappa shape index (κ1) is 27.8. The van der Waals surface area contributed by atoms with Crippen molar-refractivity contribution >= 4 is 21.8 Å². The topological polar surface area (TPSA) is 99.3 Å². The minimum absolute atomic E-state index is 0.0741. The molecule has 2 aromatic rings. The monoisotopic (exact) mass is 516 g/mol. The molecular weight excluding hydrogens is 480 g/mol. The summed E-state index contributed by atoms with van der Waals surface area (Å²) in [6.07, 6.45) is 1.09. The Bertz CT molecular complexity index is 1080. The second-order valence-corrected chi connectivity index (χ2v) is 10.9. The first-order chi connectivity index (χ1) is 17.2. The molecule has 1 unspecified atom stereocenters. The van der Waals surface area contributed by atoms with Crippen molar-refractivity contribution in [3.63, 3.8) is 0 Å². The lowest BCUT2D eigenvalue weighted by Crippen LogP contribution is -2.52. The maximum Gasteiger partial charge on any atom is 0.242 e. The van der Waals surface area contributed by atoms with Gasteiger partial charge in [-0.3, -0.25) is 14.5 Å². The first-order valence-electron chi connectivity index (χ1n) is 12.1. The van der Waals surface area contributed by atoms with E-state index in [0.717, 1.165) is 34.8 Å². The van der Waals surface area contributed by atoms with Gasteiger partial charge < -0.3 is 15.0 Å². The number of hydrogen-bond donors (Lipinski definition) is 1. The molecule has 0 radical (unpaired) electrons. The van der Waals surface area contributed by atoms with Crippen molar-refractivity contribution in [2.75, 3.05) is 52.2 Å². The molecule has 196 valence electrons. The molecule has 1 N–H and O–H groups in total. The van der Waals surface area contributed by atoms with E-state index in [9.17, 15) is 18.0 Å². The highest BCUT2D eigenvalue weighted by Gasteiger charge is 2.30. The van der Waals surface area contributed by atoms with Crippen LogP contribution in [0.5, 0.6) is 0 Å². The zero-order valence-electron chi connectivity index (χ0n) is 21.0. The molecule has 1 heterocycles. The van der Waals surface area contributed by atoms with E-state index >= 15 is 0 Å². The van der Waals surface area contributed by atoms with Gasteiger partial charge in [0.2, 0.25) is 21.8 Å². The molecule has 1 atom stereocenters. The minimum Gasteiger partial charge on any atom is -0.379 e. The molecule has 0 saturated carbocycles. The smallest absolute Gasteiger partial charge is 0.242 e. The van der Waals surface area contributed by atoms with Crippen LogP contribution in [0, 0.1) is 0 Å². The second-order valence-electron chi connectivity index (χ2n) is 8.94. The van der Waals surface area contributed by atoms with Gasteiger partial charge in [-0.05, 0) is 18.1 Å². The third-order valence-corrected chi connectivity index (χ3v) is 7.37. The van der Waals surface area contributed by atoms with Gasteiger partial charge >= 0.3 is 0 Å². The van der Waals surface area contributed by atoms with Gasteiger partial charge in [-0.2, -0.15) is 4.31 Å². The molecule has 0 spiro atoms. The number of amides is 2. The molecule has 1 aliphatic heterocycles. The zero-order chi connectivity index (χ0) is 26.0. The van der Waals surface area contributed by atoms with Gasteiger partial charge in [-0.25, -0.2) is 8.42 Å². The summed E-state index contributed by atoms with van der Waals surface area (Å²) >= 11 is 0. The lowest BCUT2D eigenvalue weighted by atomic mass is 10.1. The molecule has 2 aromatic carbocycles. The van der Waals surface area contributed by atoms with Crippen LogP contribution in [0.3, 0.4) is 0 Å². The third kappa shape index (κ3) is 8.70. The number of nitrogens with one attached hydrogen (secondary N) is 1. The van der Waals surface area contributed by atoms with Gasteiger partial charge in [0.15, 0.2) is 0 Å². The molecule has 0 aliphatic carbocycles. The van der Waals surface area contributed by atoms with Gasteiger partial charge in [0.1, 0.15) is 6.04 Å². The predicted octanol–water partition coefficient (Wildman–Crippen LogP) is 1.31. The molecule has 3 rings (SSSR count). The number of morpholine rings is 1. The van der Waals surface area contributed by atoms with E-state index in [4.69, 9.17) is 4.74 Å². The molecule has 10 heteroatoms. The van der Waals surface area contributed by atoms with Crippen molar-refractivity contribution in [2.45, 2.75) is 26.1 Å². The SMILES string of the molecule is CC(C(=O)NCCN1CCOCC1)N(Cc1ccccc1)C(=O)CN(Cc1ccccc1)S(C)(=O)=O. The Morgan fingerprint density at radius 2 is 1.53 bits per heavy atom. The Labute approximate surface area is 214 Å². The standard InChI is InChI=1S/C26H36N4O5S/c1-22(26(32)27-13-14-28-15-17-35-18-16-28)30(20-24-11-7-4-8-12-24)25(31)21-29(36(2,33)34)19-23-9-5-3-6-10-23/h3-12,22H,13-21H2,1-2H3,(H,27,32). The van der Waals surface area contributed by atoms with Crippen LogP contribution in [-0.4, -0.2) is 92.6 Å². The van der Waals surface area contributed by atoms with E-state index in [1.54, 1.807) is 6.92 Å². The van der Waals surface area contributed by atoms with Gasteiger partial charge in [0, 0.05) is 39.3 Å². The average molecular weight is 517 g/mol. The first-order valence-corrected chi connectivity index (χ1v) is 14.0. The molecule has 1 saturated heterocycles. The van der Waals surface area contributed by atoms with E-state index in [-0.39, 0.29) is 25.5 Å². The van der Waals surface area contributed by atoms with Crippen molar-refractivity contribution < 1.29 is 22.7 Å². The third-order valence-electron chi connectivity index (χ3n) is 6.18. The zero-order valence-corrected chi connectivity index (χ0v) is 21.8. The molecule has 0 aromatic heterocycles. The Kier molecular flexibility index (Phi) is 10.4. The minimum atomic E-state index is -3.67. The van der Waals surface area contributed by atoms with Crippen LogP contribution in [0.4, 0.5) is 0 Å². The summed E-state index contributed by atoms with van der Waals surface area (Å²) in [5.41, 5.74) is 1.63. The van der Waals surface area contributed by atoms with Gasteiger partial charge in [0.05, 0.1) is 26.0 Å². The average Bonchev–Trinajstić information content (AvgIpc) is 2.87. The summed E-state index contributed by atoms with van der Waals surface area (Å²) < 4.78 is 31.5. The molecule has 36 heavy (non-hydrogen) atoms. The summed E-state index contributed by atoms with van der Waals surface area (Å²) in [4.78, 5) is 30.2. The fourth-order valence-corrected chi connectivity index (χ4v) is 4.72. The molecular formula is C26H36N4O5S. The Morgan fingerprint density at radius 3 is 2.08 bits per heavy atom. The lowest BCUT2D eigenvalue weighted by Gasteiger charge is -2.31. The van der Waals surface area contributed by atoms with Crippen LogP contribution in [0.2, 0.25) is 0 Å². The highest BCUT2D eigenvalue weighted by atomic mass is 32.2. The van der Waals surface area contributed by atoms with Crippen molar-refractivity contribution in [3.8, 4) is 0 Å². The molecule has 9 nitrogen and oxygen atoms in total. The van der Waals surface area contributed by atoms with Crippen LogP contribution >= 0.6 is 0 Å². The maximum atomic E-state index is 13.5. The van der Waals surface area contributed by atoms with Crippen molar-refractivity contribution in [1.82, 2.24) is 19.4 Å². The van der Waals surface area contributed by atoms with Gasteiger partial charge in [-0.15, -0.1) is 0 Å². The summed E-state index contributed by atoms with van der Waals surface area (Å²) in [6, 6.07) is 17.7. The van der Waals surface area contributed by atoms with Crippen LogP contribution in [0.25, 0.3) is 0 Å². The number of hydrogen-bond acceptors (Lipinski definition) is 6. The number of nitrogens with zero attached hydrogens (tertiary/aromatic N) is 3. The molecule has 2 amide bonds. The van der Waals surface area contributed by atoms with Crippen molar-refractivity contribution in [1.29, 1.82) is 0 Å². The Hall–Kier alpha value is -2.79. The number of ether oxygens (including phenoxy) is 1. The molecule has 1 fully saturated rings. The van der Waals surface area contributed by atoms with Crippen LogP contribution in [0.15, 0.2) is 60.7 Å². The van der Waals surface area contributed by atoms with Crippen LogP contribution in [0.1, 0.15) is 18.1 Å². The largest absolute Gasteiger partial charge is 0.379 e. The van der Waals surface area contributed by atoms with Crippen LogP contribution in [-0.2, 0) is 37.4 Å². The molecule has 0 bridgehead atoms. The highest BCUT2D eigenvalue weighted by molar-refractivity contribution is 7.88. The van der Waals surface area contributed by atoms with E-state index < -0.39 is 22.0 Å². The van der Waals surface area contributed by atoms with Crippen molar-refractivity contribution in [3.05, 3.63) is 71.8 Å². The summed E-state index contributed by atoms with van der Waals surface area (Å²) in [6.45, 7) is 5.77. The van der Waals surface area contributed by atoms with Gasteiger partial charge in [0.25, 0.3) is 0 Å². The van der Waals surface area contributed by atoms with E-state index in [1.807, 2.05) is 60.7 Å². The fraction of sp³-hybridized carbons (Fsp3) is 0.462. The summed E-state index contributed by atoms with van der Waals surface area (Å²) in [5.74, 6) is -0.711. The summed E-state index contributed by atoms with van der Waals surface area (Å²) in [5, 5.41) is 2.93. The quantitative estimate of drug-likeness (QED) is 0.457. The second kappa shape index (κ2) is 13.5. The van der Waals surface area contributed by atoms with E-state index in [2.05, 4.69) is 10.2 Å². The maximum absolute atomic E-state index is 13.5. The number of benzene rings is 2. The Morgan fingerprint density at radius 1 is 0.972 bits per heavy atom. The normalized spacial score (nSPS) is 15.4. The van der Waals surface area contributed by atoms with Crippen LogP contribution < -0.4 is 5.32 Å². The number of sulfonamides is 1. The number of carbonyl (C=O) groups excluding carboxylic acids is 2. The fourth-order valence-electron chi connectivity index (χ4n) is 3.99. The number of carbonyl (C=O) groups is 2. The van der Waals surface area contributed by atoms with Crippen molar-refractivity contribution in [2.24, 2.45) is 0 Å². The predicted molar refractivity (Wildman–Crippen MR) is 138 cm³/mol. The number of rotatable bonds is 12. The summed E-state index contributed by atoms with van der Waals surface area (Å²) in [7, 11) is -3.67. The highest BCUT2D eigenvalue weighted by Crippen LogP contribution is 2.13. The Balaban J connectivity index is 1.70.